The van der Waals surface area contributed by atoms with Crippen LogP contribution in [0.3, 0.4) is 0 Å². The first-order valence-corrected chi connectivity index (χ1v) is 20.4. The van der Waals surface area contributed by atoms with Gasteiger partial charge in [-0.15, -0.1) is 0 Å². The van der Waals surface area contributed by atoms with E-state index in [1.165, 1.54) is 14.2 Å². The van der Waals surface area contributed by atoms with E-state index in [-0.39, 0.29) is 41.1 Å². The predicted molar refractivity (Wildman–Crippen MR) is 220 cm³/mol. The van der Waals surface area contributed by atoms with Crippen LogP contribution in [0.15, 0.2) is 48.7 Å². The highest BCUT2D eigenvalue weighted by Crippen LogP contribution is 2.47. The number of aromatic amines is 2. The minimum absolute atomic E-state index is 0.113. The SMILES string of the molecule is COC(=O)N[C@H](C(=O)N1CCC[C@H]1c1ncc(-c2ccc(C#Cc3ccc4nc([C@@H]5C[C@]6(CCCOC6)CN5C(=O)[C@@H](NC(=O)OC)C(C)C)[nH]c4c3)cc2)[nH]1)C(C)C. The molecule has 59 heavy (non-hydrogen) atoms. The van der Waals surface area contributed by atoms with E-state index in [4.69, 9.17) is 19.2 Å². The summed E-state index contributed by atoms with van der Waals surface area (Å²) in [6.07, 6.45) is 4.70. The quantitative estimate of drug-likeness (QED) is 0.151. The summed E-state index contributed by atoms with van der Waals surface area (Å²) < 4.78 is 15.5. The number of rotatable bonds is 9. The highest BCUT2D eigenvalue weighted by molar-refractivity contribution is 5.87. The first-order chi connectivity index (χ1) is 28.4. The predicted octanol–water partition coefficient (Wildman–Crippen LogP) is 5.85. The number of alkyl carbamates (subject to hydrolysis) is 2. The van der Waals surface area contributed by atoms with Gasteiger partial charge in [0.05, 0.1) is 55.8 Å². The third kappa shape index (κ3) is 8.92. The van der Waals surface area contributed by atoms with Crippen molar-refractivity contribution in [2.45, 2.75) is 84.0 Å². The monoisotopic (exact) mass is 806 g/mol. The number of likely N-dealkylation sites (tertiary alicyclic amines) is 2. The van der Waals surface area contributed by atoms with Gasteiger partial charge >= 0.3 is 12.2 Å². The summed E-state index contributed by atoms with van der Waals surface area (Å²) in [6.45, 7) is 10.0. The van der Waals surface area contributed by atoms with Gasteiger partial charge in [-0.3, -0.25) is 9.59 Å². The fourth-order valence-corrected chi connectivity index (χ4v) is 8.59. The molecule has 0 saturated carbocycles. The van der Waals surface area contributed by atoms with Crippen LogP contribution in [0.5, 0.6) is 0 Å². The molecule has 0 radical (unpaired) electrons. The van der Waals surface area contributed by atoms with Gasteiger partial charge in [0.15, 0.2) is 0 Å². The topological polar surface area (TPSA) is 184 Å². The Morgan fingerprint density at radius 3 is 2.15 bits per heavy atom. The van der Waals surface area contributed by atoms with Gasteiger partial charge in [0.2, 0.25) is 11.8 Å². The molecule has 5 heterocycles. The maximum Gasteiger partial charge on any atom is 0.407 e. The Morgan fingerprint density at radius 2 is 1.51 bits per heavy atom. The molecule has 7 rings (SSSR count). The van der Waals surface area contributed by atoms with Crippen LogP contribution < -0.4 is 10.6 Å². The molecule has 3 fully saturated rings. The van der Waals surface area contributed by atoms with Crippen LogP contribution in [0.4, 0.5) is 9.59 Å². The molecule has 0 unspecified atom stereocenters. The second-order valence-corrected chi connectivity index (χ2v) is 16.6. The smallest absolute Gasteiger partial charge is 0.407 e. The minimum Gasteiger partial charge on any atom is -0.453 e. The number of fused-ring (bicyclic) bond motifs is 1. The number of methoxy groups -OCH3 is 2. The number of carbonyl (C=O) groups is 4. The lowest BCUT2D eigenvalue weighted by atomic mass is 9.80. The Bertz CT molecular complexity index is 2230. The fourth-order valence-electron chi connectivity index (χ4n) is 8.59. The van der Waals surface area contributed by atoms with E-state index in [0.29, 0.717) is 44.4 Å². The molecular formula is C44H54N8O7. The van der Waals surface area contributed by atoms with Crippen LogP contribution in [-0.4, -0.2) is 106 Å². The normalized spacial score (nSPS) is 21.4. The van der Waals surface area contributed by atoms with Crippen molar-refractivity contribution in [1.82, 2.24) is 40.4 Å². The summed E-state index contributed by atoms with van der Waals surface area (Å²) in [5.74, 6) is 7.38. The number of carbonyl (C=O) groups excluding carboxylic acids is 4. The number of benzene rings is 2. The van der Waals surface area contributed by atoms with E-state index in [0.717, 1.165) is 59.1 Å². The Kier molecular flexibility index (Phi) is 12.3. The van der Waals surface area contributed by atoms with E-state index in [2.05, 4.69) is 37.4 Å². The van der Waals surface area contributed by atoms with Gasteiger partial charge in [-0.2, -0.15) is 0 Å². The van der Waals surface area contributed by atoms with Gasteiger partial charge in [0.25, 0.3) is 0 Å². The molecule has 5 atom stereocenters. The highest BCUT2D eigenvalue weighted by Gasteiger charge is 2.50. The maximum atomic E-state index is 14.1. The van der Waals surface area contributed by atoms with Gasteiger partial charge in [-0.05, 0) is 79.8 Å². The number of hydrogen-bond acceptors (Lipinski definition) is 9. The lowest BCUT2D eigenvalue weighted by Gasteiger charge is -2.33. The van der Waals surface area contributed by atoms with Crippen LogP contribution in [-0.2, 0) is 23.8 Å². The lowest BCUT2D eigenvalue weighted by Crippen LogP contribution is -2.51. The van der Waals surface area contributed by atoms with Crippen molar-refractivity contribution >= 4 is 35.0 Å². The maximum absolute atomic E-state index is 14.1. The van der Waals surface area contributed by atoms with E-state index in [1.807, 2.05) is 75.1 Å². The minimum atomic E-state index is -0.746. The summed E-state index contributed by atoms with van der Waals surface area (Å²) >= 11 is 0. The molecule has 2 aromatic heterocycles. The molecule has 4 N–H and O–H groups in total. The Morgan fingerprint density at radius 1 is 0.847 bits per heavy atom. The lowest BCUT2D eigenvalue weighted by molar-refractivity contribution is -0.136. The van der Waals surface area contributed by atoms with Crippen molar-refractivity contribution < 1.29 is 33.4 Å². The third-order valence-electron chi connectivity index (χ3n) is 11.8. The Hall–Kier alpha value is -5.88. The molecule has 0 bridgehead atoms. The van der Waals surface area contributed by atoms with Crippen LogP contribution in [0, 0.1) is 29.1 Å². The number of hydrogen-bond donors (Lipinski definition) is 4. The summed E-state index contributed by atoms with van der Waals surface area (Å²) in [4.78, 5) is 72.0. The van der Waals surface area contributed by atoms with Crippen molar-refractivity contribution in [2.24, 2.45) is 17.3 Å². The molecule has 1 spiro atoms. The third-order valence-corrected chi connectivity index (χ3v) is 11.8. The molecule has 2 aromatic carbocycles. The molecule has 4 amide bonds. The largest absolute Gasteiger partial charge is 0.453 e. The van der Waals surface area contributed by atoms with Gasteiger partial charge in [0, 0.05) is 36.2 Å². The summed E-state index contributed by atoms with van der Waals surface area (Å²) in [6, 6.07) is 11.8. The summed E-state index contributed by atoms with van der Waals surface area (Å²) in [5.41, 5.74) is 4.83. The second-order valence-electron chi connectivity index (χ2n) is 16.6. The molecule has 3 aliphatic heterocycles. The number of H-pyrrole nitrogens is 2. The molecule has 4 aromatic rings. The molecule has 0 aliphatic carbocycles. The fraction of sp³-hybridized carbons (Fsp3) is 0.500. The average Bonchev–Trinajstić information content (AvgIpc) is 4.06. The van der Waals surface area contributed by atoms with E-state index < -0.39 is 24.3 Å². The number of nitrogens with one attached hydrogen (secondary N) is 4. The Labute approximate surface area is 344 Å². The van der Waals surface area contributed by atoms with E-state index >= 15 is 0 Å². The molecule has 15 heteroatoms. The zero-order valence-electron chi connectivity index (χ0n) is 34.6. The van der Waals surface area contributed by atoms with Gasteiger partial charge in [-0.1, -0.05) is 51.7 Å². The zero-order chi connectivity index (χ0) is 41.8. The average molecular weight is 807 g/mol. The number of ether oxygens (including phenoxy) is 3. The molecule has 3 aliphatic rings. The summed E-state index contributed by atoms with van der Waals surface area (Å²) in [5, 5.41) is 5.44. The highest BCUT2D eigenvalue weighted by atomic mass is 16.5. The molecule has 312 valence electrons. The van der Waals surface area contributed by atoms with E-state index in [9.17, 15) is 19.2 Å². The van der Waals surface area contributed by atoms with E-state index in [1.54, 1.807) is 11.1 Å². The van der Waals surface area contributed by atoms with Crippen LogP contribution >= 0.6 is 0 Å². The zero-order valence-corrected chi connectivity index (χ0v) is 34.6. The number of nitrogens with zero attached hydrogens (tertiary/aromatic N) is 4. The van der Waals surface area contributed by atoms with Crippen molar-refractivity contribution in [2.75, 3.05) is 40.5 Å². The van der Waals surface area contributed by atoms with Gasteiger partial charge in [0.1, 0.15) is 23.7 Å². The first-order valence-electron chi connectivity index (χ1n) is 20.4. The van der Waals surface area contributed by atoms with Gasteiger partial charge in [-0.25, -0.2) is 19.6 Å². The molecule has 3 saturated heterocycles. The Balaban J connectivity index is 1.05. The first kappa shape index (κ1) is 41.3. The van der Waals surface area contributed by atoms with Crippen molar-refractivity contribution in [3.63, 3.8) is 0 Å². The van der Waals surface area contributed by atoms with Crippen LogP contribution in [0.1, 0.15) is 94.7 Å². The van der Waals surface area contributed by atoms with Crippen molar-refractivity contribution in [3.05, 3.63) is 71.4 Å². The van der Waals surface area contributed by atoms with Crippen molar-refractivity contribution in [1.29, 1.82) is 0 Å². The van der Waals surface area contributed by atoms with Crippen LogP contribution in [0.25, 0.3) is 22.3 Å². The number of aromatic nitrogens is 4. The van der Waals surface area contributed by atoms with Gasteiger partial charge < -0.3 is 44.6 Å². The standard InChI is InChI=1S/C44H54N8O7/c1-26(2)36(49-42(55)57-5)40(53)51-19-7-9-34(51)38-45-23-33(48-38)30-15-12-28(13-16-30)10-11-29-14-17-31-32(21-29)47-39(46-31)35-22-44(18-8-20-59-25-44)24-52(35)41(54)37(27(3)4)50-43(56)58-6/h12-17,21,23,26-27,34-37H,7-9,18-20,22,24-25H2,1-6H3,(H,45,48)(H,46,47)(H,49,55)(H,50,56)/t34-,35-,36-,37-,44+/m0/s1. The van der Waals surface area contributed by atoms with Crippen molar-refractivity contribution in [3.8, 4) is 23.1 Å². The second kappa shape index (κ2) is 17.5. The summed E-state index contributed by atoms with van der Waals surface area (Å²) in [7, 11) is 2.58. The van der Waals surface area contributed by atoms with Crippen LogP contribution in [0.2, 0.25) is 0 Å². The molecule has 15 nitrogen and oxygen atoms in total. The molecular weight excluding hydrogens is 753 g/mol. The number of amides is 4. The number of imidazole rings is 2.